The predicted octanol–water partition coefficient (Wildman–Crippen LogP) is 4.92. The molecule has 1 aliphatic heterocycles. The number of allylic oxidation sites excluding steroid dienone is 1. The Morgan fingerprint density at radius 2 is 1.62 bits per heavy atom. The van der Waals surface area contributed by atoms with Crippen molar-refractivity contribution in [3.05, 3.63) is 114 Å². The van der Waals surface area contributed by atoms with Crippen molar-refractivity contribution in [3.8, 4) is 17.2 Å². The molecule has 4 aromatic rings. The van der Waals surface area contributed by atoms with Crippen LogP contribution in [0, 0.1) is 6.92 Å². The van der Waals surface area contributed by atoms with E-state index in [2.05, 4.69) is 10.3 Å². The summed E-state index contributed by atoms with van der Waals surface area (Å²) in [5.74, 6) is 0.693. The first-order valence-electron chi connectivity index (χ1n) is 15.4. The van der Waals surface area contributed by atoms with Gasteiger partial charge in [-0.3, -0.25) is 14.2 Å². The number of aryl methyl sites for hydroxylation is 1. The lowest BCUT2D eigenvalue weighted by atomic mass is 9.96. The van der Waals surface area contributed by atoms with E-state index >= 15 is 0 Å². The van der Waals surface area contributed by atoms with Gasteiger partial charge in [-0.25, -0.2) is 9.79 Å². The highest BCUT2D eigenvalue weighted by molar-refractivity contribution is 7.07. The number of thiazole rings is 1. The zero-order valence-electron chi connectivity index (χ0n) is 27.0. The van der Waals surface area contributed by atoms with E-state index in [9.17, 15) is 14.4 Å². The van der Waals surface area contributed by atoms with Crippen LogP contribution < -0.4 is 34.4 Å². The van der Waals surface area contributed by atoms with Crippen molar-refractivity contribution in [3.63, 3.8) is 0 Å². The third-order valence-electron chi connectivity index (χ3n) is 7.28. The molecule has 5 rings (SSSR count). The zero-order valence-corrected chi connectivity index (χ0v) is 27.8. The van der Waals surface area contributed by atoms with E-state index in [4.69, 9.17) is 18.9 Å². The molecule has 0 saturated heterocycles. The van der Waals surface area contributed by atoms with Gasteiger partial charge in [0.2, 0.25) is 0 Å². The average molecular weight is 656 g/mol. The maximum absolute atomic E-state index is 14.0. The second-order valence-corrected chi connectivity index (χ2v) is 11.7. The fourth-order valence-electron chi connectivity index (χ4n) is 5.15. The van der Waals surface area contributed by atoms with Gasteiger partial charge >= 0.3 is 5.97 Å². The third-order valence-corrected chi connectivity index (χ3v) is 8.27. The standard InChI is InChI=1S/C36H37N3O7S/c1-6-43-27-16-12-25(13-17-27)33-32(35(42)45-8-3)23(5)37-36-39(33)34(41)30(47-36)20-24-11-18-28(29(19-24)44-7-2)46-21-31(40)38-26-14-9-22(4)10-15-26/h9-20,33H,6-8,21H2,1-5H3,(H,38,40)/b30-20+/t33-/m1/s1. The second-order valence-electron chi connectivity index (χ2n) is 10.6. The normalized spacial score (nSPS) is 14.2. The van der Waals surface area contributed by atoms with Crippen LogP contribution >= 0.6 is 11.3 Å². The van der Waals surface area contributed by atoms with E-state index in [1.54, 1.807) is 42.7 Å². The molecule has 11 heteroatoms. The van der Waals surface area contributed by atoms with Crippen molar-refractivity contribution in [1.82, 2.24) is 4.57 Å². The van der Waals surface area contributed by atoms with Crippen LogP contribution in [-0.2, 0) is 14.3 Å². The van der Waals surface area contributed by atoms with Crippen molar-refractivity contribution in [2.75, 3.05) is 31.7 Å². The summed E-state index contributed by atoms with van der Waals surface area (Å²) < 4.78 is 24.6. The SMILES string of the molecule is CCOC(=O)C1=C(C)N=c2s/c(=C/c3ccc(OCC(=O)Nc4ccc(C)cc4)c(OCC)c3)c(=O)n2[C@@H]1c1ccc(OCC)cc1. The minimum absolute atomic E-state index is 0.190. The first kappa shape index (κ1) is 33.2. The van der Waals surface area contributed by atoms with Gasteiger partial charge in [-0.05, 0) is 88.2 Å². The van der Waals surface area contributed by atoms with E-state index in [1.807, 2.05) is 69.3 Å². The Labute approximate surface area is 276 Å². The summed E-state index contributed by atoms with van der Waals surface area (Å²) >= 11 is 1.23. The average Bonchev–Trinajstić information content (AvgIpc) is 3.35. The summed E-state index contributed by atoms with van der Waals surface area (Å²) in [6, 6.07) is 19.3. The lowest BCUT2D eigenvalue weighted by Gasteiger charge is -2.24. The Hall–Kier alpha value is -5.16. The van der Waals surface area contributed by atoms with Gasteiger partial charge in [0.05, 0.1) is 41.7 Å². The molecule has 3 aromatic carbocycles. The van der Waals surface area contributed by atoms with Crippen molar-refractivity contribution in [2.45, 2.75) is 40.7 Å². The lowest BCUT2D eigenvalue weighted by molar-refractivity contribution is -0.139. The number of esters is 1. The molecular weight excluding hydrogens is 618 g/mol. The maximum Gasteiger partial charge on any atom is 0.338 e. The van der Waals surface area contributed by atoms with Gasteiger partial charge in [0.1, 0.15) is 5.75 Å². The molecule has 0 radical (unpaired) electrons. The Morgan fingerprint density at radius 3 is 2.30 bits per heavy atom. The molecule has 1 aromatic heterocycles. The summed E-state index contributed by atoms with van der Waals surface area (Å²) in [4.78, 5) is 44.8. The minimum atomic E-state index is -0.732. The van der Waals surface area contributed by atoms with E-state index < -0.39 is 12.0 Å². The fourth-order valence-corrected chi connectivity index (χ4v) is 6.20. The number of benzene rings is 3. The molecule has 0 saturated carbocycles. The summed E-state index contributed by atoms with van der Waals surface area (Å²) in [5, 5.41) is 2.81. The number of nitrogens with zero attached hydrogens (tertiary/aromatic N) is 2. The summed E-state index contributed by atoms with van der Waals surface area (Å²) in [6.45, 7) is 10.1. The molecule has 1 amide bonds. The monoisotopic (exact) mass is 655 g/mol. The van der Waals surface area contributed by atoms with Gasteiger partial charge in [0.25, 0.3) is 11.5 Å². The molecule has 1 aliphatic rings. The van der Waals surface area contributed by atoms with Crippen LogP contribution in [-0.4, -0.2) is 42.9 Å². The van der Waals surface area contributed by atoms with E-state index in [0.29, 0.717) is 62.3 Å². The van der Waals surface area contributed by atoms with Crippen LogP contribution in [0.3, 0.4) is 0 Å². The zero-order chi connectivity index (χ0) is 33.5. The first-order chi connectivity index (χ1) is 22.7. The number of aromatic nitrogens is 1. The summed E-state index contributed by atoms with van der Waals surface area (Å²) in [7, 11) is 0. The van der Waals surface area contributed by atoms with Crippen molar-refractivity contribution in [1.29, 1.82) is 0 Å². The van der Waals surface area contributed by atoms with Gasteiger partial charge in [-0.1, -0.05) is 47.2 Å². The molecule has 0 fully saturated rings. The van der Waals surface area contributed by atoms with E-state index in [1.165, 1.54) is 11.3 Å². The van der Waals surface area contributed by atoms with E-state index in [-0.39, 0.29) is 24.7 Å². The van der Waals surface area contributed by atoms with Gasteiger partial charge < -0.3 is 24.3 Å². The molecule has 2 heterocycles. The second kappa shape index (κ2) is 15.0. The highest BCUT2D eigenvalue weighted by Crippen LogP contribution is 2.32. The minimum Gasteiger partial charge on any atom is -0.494 e. The highest BCUT2D eigenvalue weighted by Gasteiger charge is 2.33. The molecular formula is C36H37N3O7S. The maximum atomic E-state index is 14.0. The molecule has 47 heavy (non-hydrogen) atoms. The Balaban J connectivity index is 1.47. The number of rotatable bonds is 12. The number of fused-ring (bicyclic) bond motifs is 1. The number of hydrogen-bond acceptors (Lipinski definition) is 9. The van der Waals surface area contributed by atoms with Gasteiger partial charge in [0, 0.05) is 5.69 Å². The number of hydrogen-bond donors (Lipinski definition) is 1. The van der Waals surface area contributed by atoms with Crippen molar-refractivity contribution >= 4 is 35.0 Å². The van der Waals surface area contributed by atoms with Gasteiger partial charge in [-0.15, -0.1) is 0 Å². The molecule has 0 bridgehead atoms. The Kier molecular flexibility index (Phi) is 10.6. The molecule has 0 spiro atoms. The molecule has 0 aliphatic carbocycles. The third kappa shape index (κ3) is 7.63. The number of carbonyl (C=O) groups excluding carboxylic acids is 2. The largest absolute Gasteiger partial charge is 0.494 e. The smallest absolute Gasteiger partial charge is 0.338 e. The van der Waals surface area contributed by atoms with Crippen LogP contribution in [0.1, 0.15) is 50.4 Å². The molecule has 1 atom stereocenters. The summed E-state index contributed by atoms with van der Waals surface area (Å²) in [6.07, 6.45) is 1.75. The Bertz CT molecular complexity index is 1980. The molecule has 244 valence electrons. The molecule has 1 N–H and O–H groups in total. The number of nitrogens with one attached hydrogen (secondary N) is 1. The fraction of sp³-hybridized carbons (Fsp3) is 0.278. The molecule has 10 nitrogen and oxygen atoms in total. The number of anilines is 1. The van der Waals surface area contributed by atoms with Gasteiger partial charge in [-0.2, -0.15) is 0 Å². The topological polar surface area (TPSA) is 117 Å². The molecule has 0 unspecified atom stereocenters. The predicted molar refractivity (Wildman–Crippen MR) is 181 cm³/mol. The Morgan fingerprint density at radius 1 is 0.894 bits per heavy atom. The number of carbonyl (C=O) groups is 2. The number of amides is 1. The van der Waals surface area contributed by atoms with Crippen molar-refractivity contribution < 1.29 is 28.5 Å². The van der Waals surface area contributed by atoms with Crippen molar-refractivity contribution in [2.24, 2.45) is 4.99 Å². The van der Waals surface area contributed by atoms with Gasteiger partial charge in [0.15, 0.2) is 22.9 Å². The van der Waals surface area contributed by atoms with E-state index in [0.717, 1.165) is 11.1 Å². The lowest BCUT2D eigenvalue weighted by Crippen LogP contribution is -2.39. The first-order valence-corrected chi connectivity index (χ1v) is 16.2. The van der Waals surface area contributed by atoms with Crippen LogP contribution in [0.15, 0.2) is 87.8 Å². The number of ether oxygens (including phenoxy) is 4. The van der Waals surface area contributed by atoms with Crippen LogP contribution in [0.5, 0.6) is 17.2 Å². The summed E-state index contributed by atoms with van der Waals surface area (Å²) in [5.41, 5.74) is 3.69. The quantitative estimate of drug-likeness (QED) is 0.215. The van der Waals surface area contributed by atoms with Crippen LogP contribution in [0.2, 0.25) is 0 Å². The highest BCUT2D eigenvalue weighted by atomic mass is 32.1. The van der Waals surface area contributed by atoms with Crippen LogP contribution in [0.25, 0.3) is 6.08 Å². The van der Waals surface area contributed by atoms with Crippen LogP contribution in [0.4, 0.5) is 5.69 Å².